The van der Waals surface area contributed by atoms with E-state index in [2.05, 4.69) is 22.4 Å². The summed E-state index contributed by atoms with van der Waals surface area (Å²) in [5, 5.41) is 4.78. The van der Waals surface area contributed by atoms with Gasteiger partial charge < -0.3 is 5.32 Å². The Balaban J connectivity index is 1.57. The number of benzene rings is 1. The number of hydrogen-bond acceptors (Lipinski definition) is 4. The summed E-state index contributed by atoms with van der Waals surface area (Å²) in [7, 11) is 0. The van der Waals surface area contributed by atoms with Crippen molar-refractivity contribution in [2.45, 2.75) is 31.1 Å². The van der Waals surface area contributed by atoms with Gasteiger partial charge in [0.15, 0.2) is 4.96 Å². The quantitative estimate of drug-likeness (QED) is 0.784. The van der Waals surface area contributed by atoms with Gasteiger partial charge >= 0.3 is 0 Å². The van der Waals surface area contributed by atoms with Gasteiger partial charge in [0.05, 0.1) is 0 Å². The normalized spacial score (nSPS) is 16.2. The van der Waals surface area contributed by atoms with Crippen molar-refractivity contribution in [3.63, 3.8) is 0 Å². The summed E-state index contributed by atoms with van der Waals surface area (Å²) in [5.74, 6) is -0.347. The Bertz CT molecular complexity index is 955. The zero-order valence-corrected chi connectivity index (χ0v) is 14.6. The third-order valence-corrected chi connectivity index (χ3v) is 5.89. The molecule has 1 aromatic carbocycles. The lowest BCUT2D eigenvalue weighted by atomic mass is 9.79. The van der Waals surface area contributed by atoms with E-state index < -0.39 is 0 Å². The zero-order chi connectivity index (χ0) is 17.3. The third-order valence-electron chi connectivity index (χ3n) is 5.12. The maximum Gasteiger partial charge on any atom is 0.271 e. The van der Waals surface area contributed by atoms with Crippen LogP contribution >= 0.6 is 11.3 Å². The lowest BCUT2D eigenvalue weighted by Crippen LogP contribution is -2.40. The molecule has 1 N–H and O–H groups in total. The van der Waals surface area contributed by atoms with Gasteiger partial charge in [-0.3, -0.25) is 14.0 Å². The van der Waals surface area contributed by atoms with Crippen LogP contribution in [0.25, 0.3) is 4.96 Å². The van der Waals surface area contributed by atoms with Crippen LogP contribution in [0.4, 0.5) is 0 Å². The topological polar surface area (TPSA) is 63.5 Å². The fourth-order valence-electron chi connectivity index (χ4n) is 3.74. The van der Waals surface area contributed by atoms with E-state index >= 15 is 0 Å². The zero-order valence-electron chi connectivity index (χ0n) is 13.8. The predicted octanol–water partition coefficient (Wildman–Crippen LogP) is 3.00. The molecule has 1 saturated carbocycles. The number of fused-ring (bicyclic) bond motifs is 1. The number of hydrogen-bond donors (Lipinski definition) is 1. The van der Waals surface area contributed by atoms with Crippen LogP contribution in [0.1, 0.15) is 41.6 Å². The Labute approximate surface area is 149 Å². The van der Waals surface area contributed by atoms with Crippen molar-refractivity contribution in [3.8, 4) is 0 Å². The number of thiazole rings is 1. The number of rotatable bonds is 4. The standard InChI is InChI=1S/C19H19N3O2S/c23-16(15-12-20-18-22(17(15)24)10-11-25-18)21-13-19(8-4-5-9-19)14-6-2-1-3-7-14/h1-3,6-7,10-12H,4-5,8-9,13H2,(H,21,23). The largest absolute Gasteiger partial charge is 0.351 e. The van der Waals surface area contributed by atoms with Crippen molar-refractivity contribution in [2.24, 2.45) is 0 Å². The Hall–Kier alpha value is -2.47. The van der Waals surface area contributed by atoms with E-state index in [0.29, 0.717) is 11.5 Å². The fraction of sp³-hybridized carbons (Fsp3) is 0.316. The first-order chi connectivity index (χ1) is 12.2. The molecule has 3 aromatic rings. The molecule has 5 nitrogen and oxygen atoms in total. The summed E-state index contributed by atoms with van der Waals surface area (Å²) < 4.78 is 1.42. The molecule has 2 heterocycles. The third kappa shape index (κ3) is 2.87. The van der Waals surface area contributed by atoms with Crippen molar-refractivity contribution < 1.29 is 4.79 Å². The van der Waals surface area contributed by atoms with Crippen molar-refractivity contribution >= 4 is 22.2 Å². The molecule has 2 aromatic heterocycles. The van der Waals surface area contributed by atoms with Gasteiger partial charge in [-0.1, -0.05) is 43.2 Å². The van der Waals surface area contributed by atoms with Crippen molar-refractivity contribution in [2.75, 3.05) is 6.54 Å². The van der Waals surface area contributed by atoms with Crippen LogP contribution < -0.4 is 10.9 Å². The van der Waals surface area contributed by atoms with Crippen LogP contribution in [0.5, 0.6) is 0 Å². The highest BCUT2D eigenvalue weighted by Crippen LogP contribution is 2.40. The number of amides is 1. The number of carbonyl (C=O) groups is 1. The van der Waals surface area contributed by atoms with Crippen LogP contribution in [0.3, 0.4) is 0 Å². The second-order valence-corrected chi connectivity index (χ2v) is 7.44. The van der Waals surface area contributed by atoms with Gasteiger partial charge in [-0.2, -0.15) is 0 Å². The van der Waals surface area contributed by atoms with Gasteiger partial charge in [-0.05, 0) is 18.4 Å². The van der Waals surface area contributed by atoms with E-state index in [1.54, 1.807) is 11.6 Å². The summed E-state index contributed by atoms with van der Waals surface area (Å²) in [6.07, 6.45) is 7.46. The molecule has 0 bridgehead atoms. The average Bonchev–Trinajstić information content (AvgIpc) is 3.31. The van der Waals surface area contributed by atoms with E-state index in [1.807, 2.05) is 18.2 Å². The maximum absolute atomic E-state index is 12.6. The minimum Gasteiger partial charge on any atom is -0.351 e. The Morgan fingerprint density at radius 2 is 2.00 bits per heavy atom. The molecule has 0 atom stereocenters. The van der Waals surface area contributed by atoms with E-state index in [1.165, 1.54) is 27.5 Å². The molecule has 128 valence electrons. The molecule has 6 heteroatoms. The van der Waals surface area contributed by atoms with E-state index in [0.717, 1.165) is 25.7 Å². The van der Waals surface area contributed by atoms with Gasteiger partial charge in [0, 0.05) is 29.7 Å². The molecule has 1 amide bonds. The summed E-state index contributed by atoms with van der Waals surface area (Å²) in [4.78, 5) is 29.8. The first-order valence-electron chi connectivity index (χ1n) is 8.48. The SMILES string of the molecule is O=C(NCC1(c2ccccc2)CCCC1)c1cnc2sccn2c1=O. The highest BCUT2D eigenvalue weighted by molar-refractivity contribution is 7.15. The molecule has 0 aliphatic heterocycles. The molecule has 4 rings (SSSR count). The van der Waals surface area contributed by atoms with Crippen LogP contribution in [0.2, 0.25) is 0 Å². The molecule has 0 saturated heterocycles. The number of carbonyl (C=O) groups excluding carboxylic acids is 1. The fourth-order valence-corrected chi connectivity index (χ4v) is 4.41. The van der Waals surface area contributed by atoms with Crippen molar-refractivity contribution in [1.29, 1.82) is 0 Å². The summed E-state index contributed by atoms with van der Waals surface area (Å²) in [5.41, 5.74) is 1.00. The molecular weight excluding hydrogens is 334 g/mol. The van der Waals surface area contributed by atoms with Crippen molar-refractivity contribution in [3.05, 3.63) is 69.6 Å². The Morgan fingerprint density at radius 1 is 1.24 bits per heavy atom. The molecule has 1 aliphatic rings. The highest BCUT2D eigenvalue weighted by atomic mass is 32.1. The second-order valence-electron chi connectivity index (χ2n) is 6.57. The maximum atomic E-state index is 12.6. The van der Waals surface area contributed by atoms with Gasteiger partial charge in [0.2, 0.25) is 0 Å². The molecule has 1 aliphatic carbocycles. The summed E-state index contributed by atoms with van der Waals surface area (Å²) in [6.45, 7) is 0.543. The van der Waals surface area contributed by atoms with Crippen LogP contribution in [-0.4, -0.2) is 21.8 Å². The second kappa shape index (κ2) is 6.44. The van der Waals surface area contributed by atoms with Crippen LogP contribution in [-0.2, 0) is 5.41 Å². The Kier molecular flexibility index (Phi) is 4.13. The molecule has 25 heavy (non-hydrogen) atoms. The summed E-state index contributed by atoms with van der Waals surface area (Å²) >= 11 is 1.37. The van der Waals surface area contributed by atoms with Gasteiger partial charge in [0.1, 0.15) is 5.56 Å². The van der Waals surface area contributed by atoms with Crippen molar-refractivity contribution in [1.82, 2.24) is 14.7 Å². The van der Waals surface area contributed by atoms with E-state index in [9.17, 15) is 9.59 Å². The monoisotopic (exact) mass is 353 g/mol. The molecule has 0 radical (unpaired) electrons. The first kappa shape index (κ1) is 16.0. The molecule has 0 spiro atoms. The van der Waals surface area contributed by atoms with Gasteiger partial charge in [0.25, 0.3) is 11.5 Å². The Morgan fingerprint density at radius 3 is 2.76 bits per heavy atom. The van der Waals surface area contributed by atoms with E-state index in [-0.39, 0.29) is 22.4 Å². The molecule has 0 unspecified atom stereocenters. The van der Waals surface area contributed by atoms with Crippen LogP contribution in [0.15, 0.2) is 52.9 Å². The lowest BCUT2D eigenvalue weighted by molar-refractivity contribution is 0.0941. The number of nitrogens with one attached hydrogen (secondary N) is 1. The minimum absolute atomic E-state index is 0.0347. The smallest absolute Gasteiger partial charge is 0.271 e. The first-order valence-corrected chi connectivity index (χ1v) is 9.36. The van der Waals surface area contributed by atoms with Gasteiger partial charge in [-0.15, -0.1) is 11.3 Å². The number of aromatic nitrogens is 2. The van der Waals surface area contributed by atoms with Crippen LogP contribution in [0, 0.1) is 0 Å². The molecule has 1 fully saturated rings. The summed E-state index contributed by atoms with van der Waals surface area (Å²) in [6, 6.07) is 10.3. The average molecular weight is 353 g/mol. The molecular formula is C19H19N3O2S. The lowest BCUT2D eigenvalue weighted by Gasteiger charge is -2.30. The highest BCUT2D eigenvalue weighted by Gasteiger charge is 2.36. The minimum atomic E-state index is -0.347. The van der Waals surface area contributed by atoms with E-state index in [4.69, 9.17) is 0 Å². The van der Waals surface area contributed by atoms with Gasteiger partial charge in [-0.25, -0.2) is 4.98 Å². The number of nitrogens with zero attached hydrogens (tertiary/aromatic N) is 2. The predicted molar refractivity (Wildman–Crippen MR) is 98.3 cm³/mol.